The van der Waals surface area contributed by atoms with Crippen LogP contribution in [0.3, 0.4) is 0 Å². The number of hydrogen-bond acceptors (Lipinski definition) is 2. The first-order chi connectivity index (χ1) is 8.66. The molecule has 0 bridgehead atoms. The van der Waals surface area contributed by atoms with Gasteiger partial charge in [-0.3, -0.25) is 4.79 Å². The van der Waals surface area contributed by atoms with E-state index in [1.165, 1.54) is 5.56 Å². The molecule has 0 N–H and O–H groups in total. The van der Waals surface area contributed by atoms with E-state index in [1.807, 2.05) is 73.5 Å². The smallest absolute Gasteiger partial charge is 0.182 e. The molecule has 0 aromatic heterocycles. The number of carbonyl (C=O) groups is 1. The SMILES string of the molecule is Cc1ccc(C(=O)CN(C)c2ccccc2)cc1. The standard InChI is InChI=1S/C16H17NO/c1-13-8-10-14(11-9-13)16(18)12-17(2)15-6-4-3-5-7-15/h3-11H,12H2,1-2H3. The maximum Gasteiger partial charge on any atom is 0.182 e. The minimum atomic E-state index is 0.140. The Balaban J connectivity index is 2.06. The Morgan fingerprint density at radius 3 is 2.22 bits per heavy atom. The van der Waals surface area contributed by atoms with Crippen molar-refractivity contribution in [1.29, 1.82) is 0 Å². The second kappa shape index (κ2) is 5.50. The fraction of sp³-hybridized carbons (Fsp3) is 0.188. The van der Waals surface area contributed by atoms with Gasteiger partial charge >= 0.3 is 0 Å². The molecule has 0 unspecified atom stereocenters. The first-order valence-electron chi connectivity index (χ1n) is 6.03. The summed E-state index contributed by atoms with van der Waals surface area (Å²) in [6.07, 6.45) is 0. The maximum atomic E-state index is 12.1. The van der Waals surface area contributed by atoms with E-state index in [4.69, 9.17) is 0 Å². The Labute approximate surface area is 108 Å². The number of rotatable bonds is 4. The van der Waals surface area contributed by atoms with Gasteiger partial charge in [-0.2, -0.15) is 0 Å². The third kappa shape index (κ3) is 2.98. The van der Waals surface area contributed by atoms with Crippen molar-refractivity contribution in [3.8, 4) is 0 Å². The van der Waals surface area contributed by atoms with Crippen LogP contribution in [0.25, 0.3) is 0 Å². The normalized spacial score (nSPS) is 10.1. The van der Waals surface area contributed by atoms with Gasteiger partial charge in [0, 0.05) is 18.3 Å². The van der Waals surface area contributed by atoms with Crippen LogP contribution >= 0.6 is 0 Å². The third-order valence-electron chi connectivity index (χ3n) is 2.95. The lowest BCUT2D eigenvalue weighted by molar-refractivity contribution is 0.100. The molecular formula is C16H17NO. The van der Waals surface area contributed by atoms with Crippen LogP contribution in [0.1, 0.15) is 15.9 Å². The van der Waals surface area contributed by atoms with Crippen LogP contribution < -0.4 is 4.90 Å². The van der Waals surface area contributed by atoms with E-state index >= 15 is 0 Å². The lowest BCUT2D eigenvalue weighted by Gasteiger charge is -2.18. The van der Waals surface area contributed by atoms with Crippen LogP contribution in [-0.2, 0) is 0 Å². The Kier molecular flexibility index (Phi) is 3.78. The predicted molar refractivity (Wildman–Crippen MR) is 75.2 cm³/mol. The van der Waals surface area contributed by atoms with Gasteiger partial charge in [0.1, 0.15) is 0 Å². The Hall–Kier alpha value is -2.09. The fourth-order valence-electron chi connectivity index (χ4n) is 1.82. The number of para-hydroxylation sites is 1. The van der Waals surface area contributed by atoms with Crippen LogP contribution in [0.15, 0.2) is 54.6 Å². The highest BCUT2D eigenvalue weighted by molar-refractivity contribution is 5.99. The molecule has 0 amide bonds. The van der Waals surface area contributed by atoms with Crippen molar-refractivity contribution in [2.24, 2.45) is 0 Å². The summed E-state index contributed by atoms with van der Waals surface area (Å²) in [4.78, 5) is 14.1. The summed E-state index contributed by atoms with van der Waals surface area (Å²) in [5, 5.41) is 0. The number of benzene rings is 2. The minimum absolute atomic E-state index is 0.140. The molecule has 0 heterocycles. The van der Waals surface area contributed by atoms with Gasteiger partial charge in [-0.15, -0.1) is 0 Å². The molecule has 0 radical (unpaired) electrons. The van der Waals surface area contributed by atoms with Crippen molar-refractivity contribution in [3.05, 3.63) is 65.7 Å². The highest BCUT2D eigenvalue weighted by atomic mass is 16.1. The van der Waals surface area contributed by atoms with Crippen LogP contribution in [0, 0.1) is 6.92 Å². The summed E-state index contributed by atoms with van der Waals surface area (Å²) in [6, 6.07) is 17.6. The second-order valence-electron chi connectivity index (χ2n) is 4.48. The van der Waals surface area contributed by atoms with Crippen LogP contribution in [0.5, 0.6) is 0 Å². The largest absolute Gasteiger partial charge is 0.367 e. The first-order valence-corrected chi connectivity index (χ1v) is 6.03. The summed E-state index contributed by atoms with van der Waals surface area (Å²) in [7, 11) is 1.93. The average molecular weight is 239 g/mol. The van der Waals surface area contributed by atoms with Gasteiger partial charge < -0.3 is 4.90 Å². The molecule has 92 valence electrons. The van der Waals surface area contributed by atoms with Crippen molar-refractivity contribution < 1.29 is 4.79 Å². The number of likely N-dealkylation sites (N-methyl/N-ethyl adjacent to an activating group) is 1. The molecule has 0 saturated heterocycles. The predicted octanol–water partition coefficient (Wildman–Crippen LogP) is 3.31. The Morgan fingerprint density at radius 2 is 1.61 bits per heavy atom. The number of hydrogen-bond donors (Lipinski definition) is 0. The van der Waals surface area contributed by atoms with Gasteiger partial charge in [-0.05, 0) is 19.1 Å². The monoisotopic (exact) mass is 239 g/mol. The molecule has 2 nitrogen and oxygen atoms in total. The fourth-order valence-corrected chi connectivity index (χ4v) is 1.82. The summed E-state index contributed by atoms with van der Waals surface area (Å²) in [5.41, 5.74) is 2.99. The molecular weight excluding hydrogens is 222 g/mol. The van der Waals surface area contributed by atoms with E-state index in [2.05, 4.69) is 0 Å². The molecule has 2 rings (SSSR count). The van der Waals surface area contributed by atoms with E-state index in [1.54, 1.807) is 0 Å². The zero-order valence-electron chi connectivity index (χ0n) is 10.8. The average Bonchev–Trinajstić information content (AvgIpc) is 2.40. The zero-order valence-corrected chi connectivity index (χ0v) is 10.8. The highest BCUT2D eigenvalue weighted by Crippen LogP contribution is 2.12. The van der Waals surface area contributed by atoms with Crippen molar-refractivity contribution >= 4 is 11.5 Å². The molecule has 0 aliphatic rings. The number of anilines is 1. The van der Waals surface area contributed by atoms with Crippen LogP contribution in [0.2, 0.25) is 0 Å². The van der Waals surface area contributed by atoms with Crippen molar-refractivity contribution in [3.63, 3.8) is 0 Å². The minimum Gasteiger partial charge on any atom is -0.367 e. The molecule has 0 aliphatic heterocycles. The summed E-state index contributed by atoms with van der Waals surface area (Å²) < 4.78 is 0. The van der Waals surface area contributed by atoms with Crippen molar-refractivity contribution in [2.45, 2.75) is 6.92 Å². The lowest BCUT2D eigenvalue weighted by Crippen LogP contribution is -2.25. The van der Waals surface area contributed by atoms with Gasteiger partial charge in [-0.25, -0.2) is 0 Å². The zero-order chi connectivity index (χ0) is 13.0. The van der Waals surface area contributed by atoms with Crippen molar-refractivity contribution in [1.82, 2.24) is 0 Å². The highest BCUT2D eigenvalue weighted by Gasteiger charge is 2.09. The molecule has 0 atom stereocenters. The van der Waals surface area contributed by atoms with Crippen LogP contribution in [0.4, 0.5) is 5.69 Å². The number of carbonyl (C=O) groups excluding carboxylic acids is 1. The number of nitrogens with zero attached hydrogens (tertiary/aromatic N) is 1. The van der Waals surface area contributed by atoms with Gasteiger partial charge in [0.05, 0.1) is 6.54 Å². The summed E-state index contributed by atoms with van der Waals surface area (Å²) >= 11 is 0. The number of ketones is 1. The second-order valence-corrected chi connectivity index (χ2v) is 4.48. The molecule has 0 fully saturated rings. The van der Waals surface area contributed by atoms with E-state index in [0.717, 1.165) is 11.3 Å². The quantitative estimate of drug-likeness (QED) is 0.763. The van der Waals surface area contributed by atoms with Gasteiger partial charge in [-0.1, -0.05) is 48.0 Å². The Bertz CT molecular complexity index is 517. The summed E-state index contributed by atoms with van der Waals surface area (Å²) in [5.74, 6) is 0.140. The maximum absolute atomic E-state index is 12.1. The lowest BCUT2D eigenvalue weighted by atomic mass is 10.1. The van der Waals surface area contributed by atoms with E-state index in [-0.39, 0.29) is 5.78 Å². The van der Waals surface area contributed by atoms with Gasteiger partial charge in [0.15, 0.2) is 5.78 Å². The van der Waals surface area contributed by atoms with Gasteiger partial charge in [0.2, 0.25) is 0 Å². The topological polar surface area (TPSA) is 20.3 Å². The summed E-state index contributed by atoms with van der Waals surface area (Å²) in [6.45, 7) is 2.41. The molecule has 2 aromatic rings. The van der Waals surface area contributed by atoms with E-state index < -0.39 is 0 Å². The van der Waals surface area contributed by atoms with Gasteiger partial charge in [0.25, 0.3) is 0 Å². The molecule has 18 heavy (non-hydrogen) atoms. The van der Waals surface area contributed by atoms with Crippen molar-refractivity contribution in [2.75, 3.05) is 18.5 Å². The third-order valence-corrected chi connectivity index (χ3v) is 2.95. The molecule has 0 spiro atoms. The van der Waals surface area contributed by atoms with Crippen LogP contribution in [-0.4, -0.2) is 19.4 Å². The molecule has 0 aliphatic carbocycles. The molecule has 0 saturated carbocycles. The first kappa shape index (κ1) is 12.4. The molecule has 2 heteroatoms. The number of Topliss-reactive ketones (excluding diaryl/α,β-unsaturated/α-hetero) is 1. The van der Waals surface area contributed by atoms with E-state index in [9.17, 15) is 4.79 Å². The molecule has 2 aromatic carbocycles. The Morgan fingerprint density at radius 1 is 1.00 bits per heavy atom. The number of aryl methyl sites for hydroxylation is 1. The van der Waals surface area contributed by atoms with E-state index in [0.29, 0.717) is 6.54 Å².